The van der Waals surface area contributed by atoms with E-state index in [4.69, 9.17) is 9.47 Å². The number of nitrogens with zero attached hydrogens (tertiary/aromatic N) is 1. The fourth-order valence-electron chi connectivity index (χ4n) is 11.7. The highest BCUT2D eigenvalue weighted by Gasteiger charge is 2.80. The zero-order valence-corrected chi connectivity index (χ0v) is 38.1. The van der Waals surface area contributed by atoms with Gasteiger partial charge in [0.25, 0.3) is 11.8 Å². The third-order valence-electron chi connectivity index (χ3n) is 15.3. The lowest BCUT2D eigenvalue weighted by molar-refractivity contribution is -0.235. The molecule has 0 radical (unpaired) electrons. The summed E-state index contributed by atoms with van der Waals surface area (Å²) >= 11 is 0. The van der Waals surface area contributed by atoms with Gasteiger partial charge in [-0.15, -0.1) is 0 Å². The van der Waals surface area contributed by atoms with Crippen molar-refractivity contribution in [3.05, 3.63) is 101 Å². The van der Waals surface area contributed by atoms with Crippen molar-refractivity contribution in [1.82, 2.24) is 15.5 Å². The average molecular weight is 957 g/mol. The molecular formula is C50H54F2N4O13. The summed E-state index contributed by atoms with van der Waals surface area (Å²) in [4.78, 5) is 101. The Hall–Kier alpha value is -6.28. The summed E-state index contributed by atoms with van der Waals surface area (Å²) < 4.78 is 46.8. The number of carboxylic acid groups (broad SMARTS) is 1. The number of hydrogen-bond acceptors (Lipinski definition) is 12. The van der Waals surface area contributed by atoms with Crippen molar-refractivity contribution in [2.75, 3.05) is 18.5 Å². The van der Waals surface area contributed by atoms with E-state index < -0.39 is 131 Å². The molecule has 3 saturated carbocycles. The van der Waals surface area contributed by atoms with Crippen LogP contribution in [0.5, 0.6) is 0 Å². The van der Waals surface area contributed by atoms with Crippen LogP contribution in [0.25, 0.3) is 0 Å². The first-order valence-electron chi connectivity index (χ1n) is 22.9. The minimum absolute atomic E-state index is 0.0105. The van der Waals surface area contributed by atoms with Crippen LogP contribution in [-0.4, -0.2) is 122 Å². The molecule has 5 amide bonds. The Bertz CT molecular complexity index is 2550. The number of aliphatic hydroxyl groups is 2. The monoisotopic (exact) mass is 956 g/mol. The van der Waals surface area contributed by atoms with E-state index in [1.54, 1.807) is 43.3 Å². The SMILES string of the molecule is C[C@H](NC(=O)[C@H](CCC(=O)O)NC(=O)CCN1C(=O)C=CC1=O)C(=O)Nc1ccc(Cc2ccc([C@@H]3O[C@@H]4C[C@H]5[C@@H]6C[C@H](F)C7=CC(=O)C=C[C@]7(C)[C@@]6(F)[C@@H](O)C[C@]5(C)[C@]4(C(=O)CO)O3)cc2)cc1. The van der Waals surface area contributed by atoms with E-state index >= 15 is 8.78 Å². The normalized spacial score (nSPS) is 32.8. The number of allylic oxidation sites excluding steroid dienone is 4. The minimum Gasteiger partial charge on any atom is -0.481 e. The Morgan fingerprint density at radius 3 is 2.17 bits per heavy atom. The summed E-state index contributed by atoms with van der Waals surface area (Å²) in [6.45, 7) is 3.49. The van der Waals surface area contributed by atoms with Crippen LogP contribution in [0.4, 0.5) is 14.5 Å². The summed E-state index contributed by atoms with van der Waals surface area (Å²) in [5, 5.41) is 38.9. The molecule has 8 rings (SSSR count). The Morgan fingerprint density at radius 2 is 1.54 bits per heavy atom. The summed E-state index contributed by atoms with van der Waals surface area (Å²) in [6.07, 6.45) is -0.593. The maximum absolute atomic E-state index is 17.7. The Balaban J connectivity index is 0.874. The van der Waals surface area contributed by atoms with Gasteiger partial charge in [-0.1, -0.05) is 49.4 Å². The molecule has 6 aliphatic rings. The van der Waals surface area contributed by atoms with Crippen molar-refractivity contribution in [3.63, 3.8) is 0 Å². The topological polar surface area (TPSA) is 255 Å². The number of carbonyl (C=O) groups excluding carboxylic acids is 7. The van der Waals surface area contributed by atoms with Crippen LogP contribution in [-0.2, 0) is 54.3 Å². The standard InChI is InChI=1S/C50H54F2N4O13/c1-26(53-45(67)36(12-15-43(64)65)55-40(61)17-19-56-41(62)13-14-42(56)63)44(66)54-30-10-6-28(7-11-30)20-27-4-8-29(9-5-27)46-68-39-23-32-33-22-35(51)34-21-31(58)16-18-47(34,2)49(33,52)37(59)24-48(32,3)50(39,69-46)38(60)25-57/h4-11,13-14,16,18,21,26,32-33,35-37,39,46,57,59H,12,15,17,19-20,22-25H2,1-3H3,(H,53,67)(H,54,66)(H,55,61)(H,64,65)/t26-,32-,33-,35-,36-,37-,39+,46+,47-,48-,49-,50+/m0/s1. The predicted octanol–water partition coefficient (Wildman–Crippen LogP) is 3.03. The second kappa shape index (κ2) is 18.6. The molecule has 2 aliphatic heterocycles. The number of halogens is 2. The largest absolute Gasteiger partial charge is 0.481 e. The molecule has 0 bridgehead atoms. The van der Waals surface area contributed by atoms with Gasteiger partial charge in [0.2, 0.25) is 17.7 Å². The van der Waals surface area contributed by atoms with Crippen molar-refractivity contribution in [2.45, 2.75) is 114 Å². The molecule has 2 heterocycles. The fourth-order valence-corrected chi connectivity index (χ4v) is 11.7. The number of carboxylic acids is 1. The number of aliphatic hydroxyl groups excluding tert-OH is 2. The second-order valence-corrected chi connectivity index (χ2v) is 19.3. The van der Waals surface area contributed by atoms with Gasteiger partial charge in [0.1, 0.15) is 24.9 Å². The predicted molar refractivity (Wildman–Crippen MR) is 239 cm³/mol. The highest BCUT2D eigenvalue weighted by atomic mass is 19.1. The molecule has 1 saturated heterocycles. The molecule has 12 atom stereocenters. The number of amides is 5. The first-order valence-corrected chi connectivity index (χ1v) is 22.9. The number of anilines is 1. The summed E-state index contributed by atoms with van der Waals surface area (Å²) in [5.74, 6) is -7.38. The van der Waals surface area contributed by atoms with Crippen LogP contribution in [0.1, 0.15) is 82.3 Å². The Kier molecular flexibility index (Phi) is 13.2. The number of ether oxygens (including phenoxy) is 2. The third kappa shape index (κ3) is 8.52. The van der Waals surface area contributed by atoms with Crippen molar-refractivity contribution < 1.29 is 71.9 Å². The van der Waals surface area contributed by atoms with Gasteiger partial charge in [0.05, 0.1) is 12.2 Å². The van der Waals surface area contributed by atoms with Crippen LogP contribution in [0, 0.1) is 22.7 Å². The number of alkyl halides is 2. The summed E-state index contributed by atoms with van der Waals surface area (Å²) in [5.41, 5.74) is -4.29. The van der Waals surface area contributed by atoms with E-state index in [1.165, 1.54) is 26.0 Å². The van der Waals surface area contributed by atoms with Gasteiger partial charge in [-0.05, 0) is 92.9 Å². The van der Waals surface area contributed by atoms with Crippen molar-refractivity contribution in [1.29, 1.82) is 0 Å². The average Bonchev–Trinajstić information content (AvgIpc) is 3.94. The van der Waals surface area contributed by atoms with E-state index in [-0.39, 0.29) is 44.2 Å². The number of nitrogens with one attached hydrogen (secondary N) is 3. The summed E-state index contributed by atoms with van der Waals surface area (Å²) in [7, 11) is 0. The lowest BCUT2D eigenvalue weighted by Crippen LogP contribution is -2.70. The van der Waals surface area contributed by atoms with Crippen LogP contribution >= 0.6 is 0 Å². The number of carbonyl (C=O) groups is 8. The number of benzene rings is 2. The molecule has 19 heteroatoms. The van der Waals surface area contributed by atoms with Gasteiger partial charge < -0.3 is 40.7 Å². The number of imide groups is 1. The second-order valence-electron chi connectivity index (χ2n) is 19.3. The van der Waals surface area contributed by atoms with Gasteiger partial charge in [0, 0.05) is 59.5 Å². The zero-order chi connectivity index (χ0) is 49.8. The molecule has 17 nitrogen and oxygen atoms in total. The smallest absolute Gasteiger partial charge is 0.303 e. The molecule has 4 aliphatic carbocycles. The molecule has 69 heavy (non-hydrogen) atoms. The molecule has 0 unspecified atom stereocenters. The highest BCUT2D eigenvalue weighted by Crippen LogP contribution is 2.72. The number of hydrogen-bond donors (Lipinski definition) is 6. The maximum atomic E-state index is 17.7. The lowest BCUT2D eigenvalue weighted by atomic mass is 9.44. The maximum Gasteiger partial charge on any atom is 0.303 e. The molecular weight excluding hydrogens is 903 g/mol. The first kappa shape index (κ1) is 49.2. The third-order valence-corrected chi connectivity index (χ3v) is 15.3. The Labute approximate surface area is 395 Å². The number of Topliss-reactive ketones (excluding diaryl/α,β-unsaturated/α-hetero) is 1. The first-order chi connectivity index (χ1) is 32.6. The van der Waals surface area contributed by atoms with Gasteiger partial charge in [0.15, 0.2) is 29.1 Å². The molecule has 6 N–H and O–H groups in total. The molecule has 2 aromatic rings. The molecule has 2 aromatic carbocycles. The van der Waals surface area contributed by atoms with Crippen LogP contribution in [0.3, 0.4) is 0 Å². The minimum atomic E-state index is -2.37. The van der Waals surface area contributed by atoms with Crippen molar-refractivity contribution in [2.24, 2.45) is 22.7 Å². The van der Waals surface area contributed by atoms with E-state index in [2.05, 4.69) is 16.0 Å². The van der Waals surface area contributed by atoms with E-state index in [0.29, 0.717) is 17.7 Å². The van der Waals surface area contributed by atoms with Gasteiger partial charge >= 0.3 is 5.97 Å². The molecule has 4 fully saturated rings. The Morgan fingerprint density at radius 1 is 0.884 bits per heavy atom. The van der Waals surface area contributed by atoms with Gasteiger partial charge in [-0.3, -0.25) is 43.3 Å². The molecule has 0 spiro atoms. The molecule has 366 valence electrons. The summed E-state index contributed by atoms with van der Waals surface area (Å²) in [6, 6.07) is 11.7. The van der Waals surface area contributed by atoms with Gasteiger partial charge in [-0.25, -0.2) is 8.78 Å². The number of aliphatic carboxylic acids is 1. The van der Waals surface area contributed by atoms with Crippen LogP contribution in [0.2, 0.25) is 0 Å². The van der Waals surface area contributed by atoms with Crippen molar-refractivity contribution >= 4 is 52.8 Å². The highest BCUT2D eigenvalue weighted by molar-refractivity contribution is 6.13. The zero-order valence-electron chi connectivity index (χ0n) is 38.1. The lowest BCUT2D eigenvalue weighted by Gasteiger charge is -2.63. The molecule has 0 aromatic heterocycles. The number of fused-ring (bicyclic) bond motifs is 7. The number of ketones is 2. The van der Waals surface area contributed by atoms with E-state index in [9.17, 15) is 53.7 Å². The van der Waals surface area contributed by atoms with E-state index in [1.807, 2.05) is 12.1 Å². The van der Waals surface area contributed by atoms with Crippen LogP contribution < -0.4 is 16.0 Å². The quantitative estimate of drug-likeness (QED) is 0.133. The van der Waals surface area contributed by atoms with E-state index in [0.717, 1.165) is 34.3 Å². The van der Waals surface area contributed by atoms with Gasteiger partial charge in [-0.2, -0.15) is 0 Å². The fraction of sp³-hybridized carbons (Fsp3) is 0.480. The number of rotatable bonds is 16. The van der Waals surface area contributed by atoms with Crippen LogP contribution in [0.15, 0.2) is 84.5 Å². The van der Waals surface area contributed by atoms with Crippen molar-refractivity contribution in [3.8, 4) is 0 Å².